The minimum absolute atomic E-state index is 0.468. The first-order valence-electron chi connectivity index (χ1n) is 2.80. The van der Waals surface area contributed by atoms with E-state index in [-0.39, 0.29) is 0 Å². The Hall–Kier alpha value is -0.500. The fraction of sp³-hybridized carbons (Fsp3) is 0.667. The quantitative estimate of drug-likeness (QED) is 0.544. The summed E-state index contributed by atoms with van der Waals surface area (Å²) in [5.74, 6) is 0. The van der Waals surface area contributed by atoms with E-state index < -0.39 is 6.10 Å². The summed E-state index contributed by atoms with van der Waals surface area (Å²) in [6, 6.07) is 0. The van der Waals surface area contributed by atoms with Gasteiger partial charge in [-0.25, -0.2) is 0 Å². The third-order valence-electron chi connectivity index (χ3n) is 0.893. The van der Waals surface area contributed by atoms with E-state index in [4.69, 9.17) is 10.2 Å². The fourth-order valence-corrected chi connectivity index (χ4v) is 0.491. The van der Waals surface area contributed by atoms with E-state index >= 15 is 0 Å². The average Bonchev–Trinajstić information content (AvgIpc) is 1.68. The molecule has 0 aliphatic rings. The molecule has 2 nitrogen and oxygen atoms in total. The van der Waals surface area contributed by atoms with Crippen molar-refractivity contribution in [3.8, 4) is 0 Å². The van der Waals surface area contributed by atoms with Crippen LogP contribution in [0.25, 0.3) is 0 Å². The summed E-state index contributed by atoms with van der Waals surface area (Å²) in [6.07, 6.45) is 3.43. The second-order valence-electron chi connectivity index (χ2n) is 1.70. The van der Waals surface area contributed by atoms with E-state index in [0.717, 1.165) is 19.1 Å². The maximum absolute atomic E-state index is 8.80. The van der Waals surface area contributed by atoms with Gasteiger partial charge < -0.3 is 10.2 Å². The topological polar surface area (TPSA) is 40.5 Å². The van der Waals surface area contributed by atoms with E-state index in [0.29, 0.717) is 0 Å². The molecule has 0 aliphatic heterocycles. The van der Waals surface area contributed by atoms with Crippen LogP contribution in [0.1, 0.15) is 19.8 Å². The Bertz CT molecular complexity index is 68.9. The van der Waals surface area contributed by atoms with Gasteiger partial charge in [-0.05, 0) is 12.5 Å². The van der Waals surface area contributed by atoms with Gasteiger partial charge in [0.15, 0.2) is 0 Å². The van der Waals surface area contributed by atoms with Crippen LogP contribution >= 0.6 is 0 Å². The number of aliphatic hydroxyl groups is 2. The standard InChI is InChI=1S/C6H12O2/c1-2-3-6(8)4-5-7/h4-8H,2-3H2,1H3. The number of hydrogen-bond acceptors (Lipinski definition) is 2. The molecule has 0 fully saturated rings. The monoisotopic (exact) mass is 116 g/mol. The van der Waals surface area contributed by atoms with Gasteiger partial charge in [-0.3, -0.25) is 0 Å². The lowest BCUT2D eigenvalue weighted by molar-refractivity contribution is 0.208. The molecule has 0 saturated carbocycles. The molecule has 48 valence electrons. The zero-order valence-electron chi connectivity index (χ0n) is 5.04. The molecular formula is C6H12O2. The Kier molecular flexibility index (Phi) is 4.36. The molecule has 0 aromatic carbocycles. The van der Waals surface area contributed by atoms with Crippen molar-refractivity contribution in [2.75, 3.05) is 0 Å². The van der Waals surface area contributed by atoms with Crippen LogP contribution in [0.4, 0.5) is 0 Å². The summed E-state index contributed by atoms with van der Waals surface area (Å²) in [5.41, 5.74) is 0. The van der Waals surface area contributed by atoms with E-state index in [1.54, 1.807) is 0 Å². The fourth-order valence-electron chi connectivity index (χ4n) is 0.491. The molecule has 1 unspecified atom stereocenters. The van der Waals surface area contributed by atoms with Gasteiger partial charge in [-0.1, -0.05) is 13.3 Å². The third kappa shape index (κ3) is 3.68. The summed E-state index contributed by atoms with van der Waals surface area (Å²) >= 11 is 0. The molecule has 2 N–H and O–H groups in total. The van der Waals surface area contributed by atoms with E-state index in [9.17, 15) is 0 Å². The first-order chi connectivity index (χ1) is 3.81. The highest BCUT2D eigenvalue weighted by Crippen LogP contribution is 1.95. The van der Waals surface area contributed by atoms with Crippen LogP contribution in [0.15, 0.2) is 12.3 Å². The predicted octanol–water partition coefficient (Wildman–Crippen LogP) is 1.22. The number of aliphatic hydroxyl groups excluding tert-OH is 2. The summed E-state index contributed by atoms with van der Waals surface area (Å²) in [5, 5.41) is 16.9. The van der Waals surface area contributed by atoms with Crippen molar-refractivity contribution in [1.82, 2.24) is 0 Å². The molecule has 0 heterocycles. The first-order valence-corrected chi connectivity index (χ1v) is 2.80. The van der Waals surface area contributed by atoms with Gasteiger partial charge in [0.05, 0.1) is 12.4 Å². The van der Waals surface area contributed by atoms with Gasteiger partial charge in [0.2, 0.25) is 0 Å². The van der Waals surface area contributed by atoms with Crippen LogP contribution in [0.5, 0.6) is 0 Å². The van der Waals surface area contributed by atoms with Gasteiger partial charge >= 0.3 is 0 Å². The van der Waals surface area contributed by atoms with Gasteiger partial charge in [-0.15, -0.1) is 0 Å². The zero-order chi connectivity index (χ0) is 6.41. The van der Waals surface area contributed by atoms with Crippen molar-refractivity contribution in [3.63, 3.8) is 0 Å². The lowest BCUT2D eigenvalue weighted by Crippen LogP contribution is -1.99. The first kappa shape index (κ1) is 7.50. The van der Waals surface area contributed by atoms with Crippen molar-refractivity contribution < 1.29 is 10.2 Å². The van der Waals surface area contributed by atoms with Crippen LogP contribution in [0, 0.1) is 0 Å². The van der Waals surface area contributed by atoms with Crippen LogP contribution < -0.4 is 0 Å². The normalized spacial score (nSPS) is 14.8. The molecule has 0 amide bonds. The highest BCUT2D eigenvalue weighted by Gasteiger charge is 1.93. The minimum Gasteiger partial charge on any atom is -0.516 e. The Morgan fingerprint density at radius 1 is 1.62 bits per heavy atom. The van der Waals surface area contributed by atoms with Crippen molar-refractivity contribution in [2.45, 2.75) is 25.9 Å². The summed E-state index contributed by atoms with van der Waals surface area (Å²) in [6.45, 7) is 1.98. The number of hydrogen-bond donors (Lipinski definition) is 2. The van der Waals surface area contributed by atoms with Gasteiger partial charge in [0.1, 0.15) is 0 Å². The van der Waals surface area contributed by atoms with E-state index in [2.05, 4.69) is 0 Å². The molecule has 2 heteroatoms. The second kappa shape index (κ2) is 4.65. The molecule has 0 spiro atoms. The molecule has 0 aromatic rings. The SMILES string of the molecule is CCCC(O)C=CO. The zero-order valence-corrected chi connectivity index (χ0v) is 5.04. The van der Waals surface area contributed by atoms with Crippen LogP contribution in [-0.4, -0.2) is 16.3 Å². The summed E-state index contributed by atoms with van der Waals surface area (Å²) < 4.78 is 0. The molecule has 1 atom stereocenters. The molecular weight excluding hydrogens is 104 g/mol. The van der Waals surface area contributed by atoms with Crippen LogP contribution in [0.3, 0.4) is 0 Å². The lowest BCUT2D eigenvalue weighted by Gasteiger charge is -1.98. The molecule has 0 saturated heterocycles. The largest absolute Gasteiger partial charge is 0.516 e. The van der Waals surface area contributed by atoms with Crippen LogP contribution in [-0.2, 0) is 0 Å². The minimum atomic E-state index is -0.468. The van der Waals surface area contributed by atoms with Gasteiger partial charge in [-0.2, -0.15) is 0 Å². The van der Waals surface area contributed by atoms with Crippen molar-refractivity contribution >= 4 is 0 Å². The Labute approximate surface area is 49.5 Å². The van der Waals surface area contributed by atoms with Crippen molar-refractivity contribution in [3.05, 3.63) is 12.3 Å². The second-order valence-corrected chi connectivity index (χ2v) is 1.70. The highest BCUT2D eigenvalue weighted by molar-refractivity contribution is 4.80. The maximum atomic E-state index is 8.80. The van der Waals surface area contributed by atoms with Gasteiger partial charge in [0.25, 0.3) is 0 Å². The summed E-state index contributed by atoms with van der Waals surface area (Å²) in [4.78, 5) is 0. The molecule has 0 aliphatic carbocycles. The average molecular weight is 116 g/mol. The number of rotatable bonds is 3. The Morgan fingerprint density at radius 3 is 2.62 bits per heavy atom. The lowest BCUT2D eigenvalue weighted by atomic mass is 10.2. The predicted molar refractivity (Wildman–Crippen MR) is 32.7 cm³/mol. The molecule has 8 heavy (non-hydrogen) atoms. The van der Waals surface area contributed by atoms with E-state index in [1.807, 2.05) is 6.92 Å². The van der Waals surface area contributed by atoms with Crippen LogP contribution in [0.2, 0.25) is 0 Å². The highest BCUT2D eigenvalue weighted by atomic mass is 16.3. The molecule has 0 rings (SSSR count). The summed E-state index contributed by atoms with van der Waals surface area (Å²) in [7, 11) is 0. The van der Waals surface area contributed by atoms with Gasteiger partial charge in [0, 0.05) is 0 Å². The van der Waals surface area contributed by atoms with E-state index in [1.165, 1.54) is 6.08 Å². The third-order valence-corrected chi connectivity index (χ3v) is 0.893. The maximum Gasteiger partial charge on any atom is 0.0777 e. The van der Waals surface area contributed by atoms with Crippen molar-refractivity contribution in [1.29, 1.82) is 0 Å². The van der Waals surface area contributed by atoms with Crippen molar-refractivity contribution in [2.24, 2.45) is 0 Å². The molecule has 0 bridgehead atoms. The molecule has 0 aromatic heterocycles. The Morgan fingerprint density at radius 2 is 2.25 bits per heavy atom. The smallest absolute Gasteiger partial charge is 0.0777 e. The Balaban J connectivity index is 3.17. The molecule has 0 radical (unpaired) electrons.